The van der Waals surface area contributed by atoms with Gasteiger partial charge in [-0.15, -0.1) is 23.1 Å². The molecular weight excluding hydrogens is 607 g/mol. The molecule has 1 atom stereocenters. The van der Waals surface area contributed by atoms with Crippen molar-refractivity contribution in [1.82, 2.24) is 4.90 Å². The summed E-state index contributed by atoms with van der Waals surface area (Å²) < 4.78 is 53.2. The molecule has 0 radical (unpaired) electrons. The first kappa shape index (κ1) is 30.2. The van der Waals surface area contributed by atoms with Gasteiger partial charge in [-0.05, 0) is 53.6 Å². The molecule has 210 valence electrons. The number of thiocarbonyl (C=S) groups is 1. The highest BCUT2D eigenvalue weighted by atomic mass is 32.2. The lowest BCUT2D eigenvalue weighted by Gasteiger charge is -2.14. The monoisotopic (exact) mass is 627 g/mol. The Labute approximate surface area is 245 Å². The summed E-state index contributed by atoms with van der Waals surface area (Å²) in [5, 5.41) is 10.7. The van der Waals surface area contributed by atoms with E-state index in [-0.39, 0.29) is 46.8 Å². The zero-order valence-corrected chi connectivity index (χ0v) is 23.8. The number of ketones is 1. The lowest BCUT2D eigenvalue weighted by molar-refractivity contribution is -0.140. The molecule has 0 saturated carbocycles. The predicted molar refractivity (Wildman–Crippen MR) is 154 cm³/mol. The number of carbonyl (C=O) groups is 3. The van der Waals surface area contributed by atoms with Crippen molar-refractivity contribution in [2.45, 2.75) is 37.1 Å². The van der Waals surface area contributed by atoms with Crippen LogP contribution in [0, 0.1) is 5.82 Å². The maximum absolute atomic E-state index is 13.6. The largest absolute Gasteiger partial charge is 0.477 e. The van der Waals surface area contributed by atoms with Crippen LogP contribution in [0.5, 0.6) is 0 Å². The zero-order chi connectivity index (χ0) is 29.0. The number of allylic oxidation sites excluding steroid dienone is 2. The van der Waals surface area contributed by atoms with Gasteiger partial charge in [0.05, 0.1) is 15.4 Å². The fourth-order valence-corrected chi connectivity index (χ4v) is 7.20. The van der Waals surface area contributed by atoms with Gasteiger partial charge in [-0.25, -0.2) is 9.18 Å². The fraction of sp³-hybridized carbons (Fsp3) is 0.259. The highest BCUT2D eigenvalue weighted by molar-refractivity contribution is 8.26. The van der Waals surface area contributed by atoms with Crippen LogP contribution in [0.1, 0.15) is 36.1 Å². The lowest BCUT2D eigenvalue weighted by atomic mass is 10.0. The second-order valence-electron chi connectivity index (χ2n) is 8.78. The molecule has 1 saturated heterocycles. The lowest BCUT2D eigenvalue weighted by Crippen LogP contribution is -2.30. The van der Waals surface area contributed by atoms with Crippen LogP contribution in [0.25, 0.3) is 17.2 Å². The van der Waals surface area contributed by atoms with Gasteiger partial charge in [0.15, 0.2) is 0 Å². The van der Waals surface area contributed by atoms with Gasteiger partial charge >= 0.3 is 12.1 Å². The van der Waals surface area contributed by atoms with Gasteiger partial charge < -0.3 is 5.11 Å². The van der Waals surface area contributed by atoms with Gasteiger partial charge in [-0.2, -0.15) is 13.2 Å². The summed E-state index contributed by atoms with van der Waals surface area (Å²) >= 11 is 8.83. The van der Waals surface area contributed by atoms with E-state index in [1.807, 2.05) is 12.2 Å². The number of hydrogen-bond donors (Lipinski definition) is 1. The van der Waals surface area contributed by atoms with Crippen molar-refractivity contribution in [1.29, 1.82) is 0 Å². The van der Waals surface area contributed by atoms with Crippen LogP contribution in [0.15, 0.2) is 57.7 Å². The molecule has 1 amide bonds. The van der Waals surface area contributed by atoms with Crippen LogP contribution >= 0.6 is 47.1 Å². The van der Waals surface area contributed by atoms with Crippen LogP contribution in [-0.2, 0) is 20.6 Å². The van der Waals surface area contributed by atoms with E-state index in [1.54, 1.807) is 23.6 Å². The molecule has 1 unspecified atom stereocenters. The number of Topliss-reactive ketones (excluding diaryl/α,β-unsaturated/α-hetero) is 1. The minimum atomic E-state index is -4.82. The Balaban J connectivity index is 1.34. The van der Waals surface area contributed by atoms with E-state index in [1.165, 1.54) is 34.1 Å². The van der Waals surface area contributed by atoms with Gasteiger partial charge in [-0.3, -0.25) is 14.5 Å². The number of thioether (sulfide) groups is 2. The fourth-order valence-electron chi connectivity index (χ4n) is 3.94. The SMILES string of the molecule is O=C(CCC1C=CCC=C(C(=O)O)S1)CCN1C(=O)/C(=C/c2cc(-c3ccc(F)c(C(F)(F)F)c3)cs2)SC1=S. The van der Waals surface area contributed by atoms with E-state index in [0.717, 1.165) is 23.9 Å². The van der Waals surface area contributed by atoms with Gasteiger partial charge in [-0.1, -0.05) is 48.3 Å². The van der Waals surface area contributed by atoms with Crippen molar-refractivity contribution in [2.24, 2.45) is 0 Å². The summed E-state index contributed by atoms with van der Waals surface area (Å²) in [7, 11) is 0. The summed E-state index contributed by atoms with van der Waals surface area (Å²) in [5.41, 5.74) is -0.696. The van der Waals surface area contributed by atoms with E-state index < -0.39 is 23.5 Å². The van der Waals surface area contributed by atoms with Gasteiger partial charge in [0.2, 0.25) is 0 Å². The van der Waals surface area contributed by atoms with Gasteiger partial charge in [0.25, 0.3) is 5.91 Å². The van der Waals surface area contributed by atoms with Crippen molar-refractivity contribution < 1.29 is 37.1 Å². The van der Waals surface area contributed by atoms with Crippen LogP contribution in [0.4, 0.5) is 17.6 Å². The smallest absolute Gasteiger partial charge is 0.419 e. The number of alkyl halides is 3. The van der Waals surface area contributed by atoms with Crippen LogP contribution < -0.4 is 0 Å². The first-order valence-corrected chi connectivity index (χ1v) is 14.9. The minimum Gasteiger partial charge on any atom is -0.477 e. The Hall–Kier alpha value is -2.74. The predicted octanol–water partition coefficient (Wildman–Crippen LogP) is 7.54. The molecule has 0 bridgehead atoms. The summed E-state index contributed by atoms with van der Waals surface area (Å²) in [6.07, 6.45) is 3.51. The third-order valence-corrected chi connectivity index (χ3v) is 9.52. The summed E-state index contributed by atoms with van der Waals surface area (Å²) in [6, 6.07) is 4.40. The quantitative estimate of drug-likeness (QED) is 0.133. The molecule has 0 spiro atoms. The molecule has 3 heterocycles. The Morgan fingerprint density at radius 3 is 2.67 bits per heavy atom. The Morgan fingerprint density at radius 1 is 1.18 bits per heavy atom. The van der Waals surface area contributed by atoms with E-state index in [9.17, 15) is 37.1 Å². The normalized spacial score (nSPS) is 18.8. The van der Waals surface area contributed by atoms with Crippen molar-refractivity contribution in [2.75, 3.05) is 6.54 Å². The number of benzene rings is 1. The van der Waals surface area contributed by atoms with Crippen molar-refractivity contribution >= 4 is 75.1 Å². The maximum atomic E-state index is 13.6. The first-order valence-electron chi connectivity index (χ1n) is 11.9. The number of carboxylic acid groups (broad SMARTS) is 1. The van der Waals surface area contributed by atoms with Crippen LogP contribution in [0.3, 0.4) is 0 Å². The van der Waals surface area contributed by atoms with Crippen LogP contribution in [0.2, 0.25) is 0 Å². The van der Waals surface area contributed by atoms with E-state index in [4.69, 9.17) is 12.2 Å². The third kappa shape index (κ3) is 7.50. The number of hydrogen-bond acceptors (Lipinski definition) is 7. The van der Waals surface area contributed by atoms with Crippen molar-refractivity contribution in [3.63, 3.8) is 0 Å². The molecule has 1 aromatic carbocycles. The first-order chi connectivity index (χ1) is 18.9. The second kappa shape index (κ2) is 12.8. The molecule has 1 fully saturated rings. The molecule has 0 aliphatic carbocycles. The zero-order valence-electron chi connectivity index (χ0n) is 20.6. The summed E-state index contributed by atoms with van der Waals surface area (Å²) in [4.78, 5) is 39.3. The third-order valence-electron chi connectivity index (χ3n) is 5.97. The maximum Gasteiger partial charge on any atom is 0.419 e. The molecule has 2 aromatic rings. The average Bonchev–Trinajstić information content (AvgIpc) is 3.35. The standard InChI is InChI=1S/C27H21F4NO4S4/c28-21-8-5-15(12-20(21)27(29,30)31)16-11-19(38-14-16)13-23-24(34)32(26(37)40-23)10-9-17(33)6-7-18-3-1-2-4-22(39-18)25(35)36/h1,3-5,8,11-14,18H,2,6-7,9-10H2,(H,35,36)/b23-13-. The number of thiophene rings is 1. The van der Waals surface area contributed by atoms with Crippen LogP contribution in [-0.4, -0.2) is 43.8 Å². The Bertz CT molecular complexity index is 1440. The number of halogens is 4. The summed E-state index contributed by atoms with van der Waals surface area (Å²) in [5.74, 6) is -2.77. The summed E-state index contributed by atoms with van der Waals surface area (Å²) in [6.45, 7) is 0.111. The molecule has 2 aliphatic rings. The molecule has 40 heavy (non-hydrogen) atoms. The number of carbonyl (C=O) groups excluding carboxylic acids is 2. The molecule has 4 rings (SSSR count). The number of aliphatic carboxylic acids is 1. The molecule has 1 N–H and O–H groups in total. The number of amides is 1. The van der Waals surface area contributed by atoms with Gasteiger partial charge in [0, 0.05) is 29.5 Å². The van der Waals surface area contributed by atoms with Crippen molar-refractivity contribution in [3.05, 3.63) is 73.9 Å². The van der Waals surface area contributed by atoms with E-state index in [0.29, 0.717) is 32.5 Å². The highest BCUT2D eigenvalue weighted by Gasteiger charge is 2.35. The molecule has 1 aromatic heterocycles. The van der Waals surface area contributed by atoms with E-state index in [2.05, 4.69) is 0 Å². The average molecular weight is 628 g/mol. The Morgan fingerprint density at radius 2 is 1.95 bits per heavy atom. The molecule has 2 aliphatic heterocycles. The van der Waals surface area contributed by atoms with Gasteiger partial charge in [0.1, 0.15) is 15.9 Å². The number of rotatable bonds is 9. The van der Waals surface area contributed by atoms with E-state index >= 15 is 0 Å². The van der Waals surface area contributed by atoms with Crippen molar-refractivity contribution in [3.8, 4) is 11.1 Å². The minimum absolute atomic E-state index is 0.0717. The molecular formula is C27H21F4NO4S4. The molecule has 5 nitrogen and oxygen atoms in total. The number of carboxylic acids is 1. The topological polar surface area (TPSA) is 74.7 Å². The molecule has 13 heteroatoms. The number of nitrogens with zero attached hydrogens (tertiary/aromatic N) is 1. The highest BCUT2D eigenvalue weighted by Crippen LogP contribution is 2.38. The Kier molecular flexibility index (Phi) is 9.70. The second-order valence-corrected chi connectivity index (χ2v) is 12.7.